The van der Waals surface area contributed by atoms with Crippen molar-refractivity contribution in [2.75, 3.05) is 0 Å². The number of nitrogens with zero attached hydrogens (tertiary/aromatic N) is 1. The van der Waals surface area contributed by atoms with E-state index < -0.39 is 35.0 Å². The van der Waals surface area contributed by atoms with Gasteiger partial charge in [-0.3, -0.25) is 9.78 Å². The second kappa shape index (κ2) is 8.17. The summed E-state index contributed by atoms with van der Waals surface area (Å²) in [6, 6.07) is 11.5. The van der Waals surface area contributed by atoms with E-state index in [9.17, 15) is 31.1 Å². The fourth-order valence-corrected chi connectivity index (χ4v) is 2.83. The van der Waals surface area contributed by atoms with Crippen LogP contribution in [0.5, 0.6) is 0 Å². The molecule has 0 aliphatic carbocycles. The third-order valence-corrected chi connectivity index (χ3v) is 4.28. The molecule has 3 nitrogen and oxygen atoms in total. The summed E-state index contributed by atoms with van der Waals surface area (Å²) in [5, 5.41) is 2.37. The molecule has 30 heavy (non-hydrogen) atoms. The van der Waals surface area contributed by atoms with Crippen LogP contribution in [0.15, 0.2) is 67.0 Å². The Labute approximate surface area is 167 Å². The number of benzene rings is 2. The lowest BCUT2D eigenvalue weighted by Crippen LogP contribution is -2.24. The van der Waals surface area contributed by atoms with Gasteiger partial charge in [0.1, 0.15) is 0 Å². The van der Waals surface area contributed by atoms with E-state index >= 15 is 0 Å². The summed E-state index contributed by atoms with van der Waals surface area (Å²) in [7, 11) is 0. The fraction of sp³-hybridized carbons (Fsp3) is 0.143. The SMILES string of the molecule is O=C(NCc1cnccc1-c1ccccc1)c1cc(C(F)(F)F)cc(C(F)(F)F)c1. The smallest absolute Gasteiger partial charge is 0.348 e. The summed E-state index contributed by atoms with van der Waals surface area (Å²) in [4.78, 5) is 16.3. The zero-order valence-electron chi connectivity index (χ0n) is 15.2. The molecule has 3 rings (SSSR count). The number of rotatable bonds is 4. The van der Waals surface area contributed by atoms with Crippen LogP contribution >= 0.6 is 0 Å². The van der Waals surface area contributed by atoms with Crippen LogP contribution in [0.25, 0.3) is 11.1 Å². The number of pyridine rings is 1. The molecule has 0 aliphatic rings. The summed E-state index contributed by atoms with van der Waals surface area (Å²) in [5.41, 5.74) is -1.72. The van der Waals surface area contributed by atoms with Crippen molar-refractivity contribution in [2.45, 2.75) is 18.9 Å². The average molecular weight is 424 g/mol. The number of hydrogen-bond acceptors (Lipinski definition) is 2. The third-order valence-electron chi connectivity index (χ3n) is 4.28. The Balaban J connectivity index is 1.88. The van der Waals surface area contributed by atoms with Gasteiger partial charge >= 0.3 is 12.4 Å². The number of hydrogen-bond donors (Lipinski definition) is 1. The molecule has 0 saturated carbocycles. The summed E-state index contributed by atoms with van der Waals surface area (Å²) >= 11 is 0. The molecular formula is C21H14F6N2O. The molecule has 0 unspecified atom stereocenters. The van der Waals surface area contributed by atoms with Crippen LogP contribution in [-0.4, -0.2) is 10.9 Å². The third kappa shape index (κ3) is 4.97. The van der Waals surface area contributed by atoms with Gasteiger partial charge in [-0.25, -0.2) is 0 Å². The molecular weight excluding hydrogens is 410 g/mol. The number of halogens is 6. The Kier molecular flexibility index (Phi) is 5.82. The van der Waals surface area contributed by atoms with Crippen molar-refractivity contribution in [1.29, 1.82) is 0 Å². The molecule has 0 fully saturated rings. The van der Waals surface area contributed by atoms with Gasteiger partial charge in [0.15, 0.2) is 0 Å². The summed E-state index contributed by atoms with van der Waals surface area (Å²) in [5.74, 6) is -1.06. The minimum atomic E-state index is -5.03. The van der Waals surface area contributed by atoms with E-state index in [0.717, 1.165) is 11.1 Å². The standard InChI is InChI=1S/C21H14F6N2O/c22-20(23,24)16-8-14(9-17(10-16)21(25,26)27)19(30)29-12-15-11-28-7-6-18(15)13-4-2-1-3-5-13/h1-11H,12H2,(H,29,30). The molecule has 1 amide bonds. The number of carbonyl (C=O) groups excluding carboxylic acids is 1. The second-order valence-electron chi connectivity index (χ2n) is 6.38. The molecule has 2 aromatic carbocycles. The van der Waals surface area contributed by atoms with E-state index in [1.54, 1.807) is 18.2 Å². The first kappa shape index (κ1) is 21.4. The van der Waals surface area contributed by atoms with Crippen molar-refractivity contribution in [3.05, 3.63) is 89.2 Å². The summed E-state index contributed by atoms with van der Waals surface area (Å²) < 4.78 is 77.9. The molecule has 0 bridgehead atoms. The highest BCUT2D eigenvalue weighted by molar-refractivity contribution is 5.94. The van der Waals surface area contributed by atoms with Crippen LogP contribution in [-0.2, 0) is 18.9 Å². The number of alkyl halides is 6. The van der Waals surface area contributed by atoms with Gasteiger partial charge in [-0.2, -0.15) is 26.3 Å². The molecule has 1 N–H and O–H groups in total. The van der Waals surface area contributed by atoms with Crippen molar-refractivity contribution in [3.63, 3.8) is 0 Å². The van der Waals surface area contributed by atoms with E-state index in [4.69, 9.17) is 0 Å². The maximum atomic E-state index is 13.0. The van der Waals surface area contributed by atoms with Crippen molar-refractivity contribution in [1.82, 2.24) is 10.3 Å². The van der Waals surface area contributed by atoms with Crippen LogP contribution in [0, 0.1) is 0 Å². The monoisotopic (exact) mass is 424 g/mol. The molecule has 3 aromatic rings. The Bertz CT molecular complexity index is 1010. The maximum Gasteiger partial charge on any atom is 0.416 e. The lowest BCUT2D eigenvalue weighted by atomic mass is 10.0. The van der Waals surface area contributed by atoms with Crippen LogP contribution in [0.1, 0.15) is 27.0 Å². The average Bonchev–Trinajstić information content (AvgIpc) is 2.71. The Morgan fingerprint density at radius 2 is 1.47 bits per heavy atom. The highest BCUT2D eigenvalue weighted by Gasteiger charge is 2.37. The van der Waals surface area contributed by atoms with Gasteiger partial charge in [0.25, 0.3) is 5.91 Å². The van der Waals surface area contributed by atoms with Crippen molar-refractivity contribution >= 4 is 5.91 Å². The van der Waals surface area contributed by atoms with E-state index in [2.05, 4.69) is 10.3 Å². The number of carbonyl (C=O) groups is 1. The van der Waals surface area contributed by atoms with Gasteiger partial charge in [-0.15, -0.1) is 0 Å². The fourth-order valence-electron chi connectivity index (χ4n) is 2.83. The van der Waals surface area contributed by atoms with Gasteiger partial charge in [0.05, 0.1) is 11.1 Å². The van der Waals surface area contributed by atoms with Gasteiger partial charge in [0.2, 0.25) is 0 Å². The molecule has 1 heterocycles. The van der Waals surface area contributed by atoms with Gasteiger partial charge in [-0.1, -0.05) is 30.3 Å². The zero-order valence-corrected chi connectivity index (χ0v) is 15.2. The maximum absolute atomic E-state index is 13.0. The minimum absolute atomic E-state index is 0.0224. The first-order valence-electron chi connectivity index (χ1n) is 8.61. The van der Waals surface area contributed by atoms with Crippen LogP contribution in [0.3, 0.4) is 0 Å². The minimum Gasteiger partial charge on any atom is -0.348 e. The predicted molar refractivity (Wildman–Crippen MR) is 97.3 cm³/mol. The second-order valence-corrected chi connectivity index (χ2v) is 6.38. The van der Waals surface area contributed by atoms with Crippen molar-refractivity contribution in [3.8, 4) is 11.1 Å². The molecule has 0 spiro atoms. The van der Waals surface area contributed by atoms with Gasteiger partial charge < -0.3 is 5.32 Å². The molecule has 156 valence electrons. The Morgan fingerprint density at radius 3 is 2.03 bits per heavy atom. The predicted octanol–water partition coefficient (Wildman–Crippen LogP) is 5.72. The first-order valence-corrected chi connectivity index (χ1v) is 8.61. The topological polar surface area (TPSA) is 42.0 Å². The summed E-state index contributed by atoms with van der Waals surface area (Å²) in [6.45, 7) is -0.130. The molecule has 0 saturated heterocycles. The van der Waals surface area contributed by atoms with E-state index in [0.29, 0.717) is 17.7 Å². The molecule has 0 radical (unpaired) electrons. The van der Waals surface area contributed by atoms with E-state index in [1.807, 2.05) is 18.2 Å². The lowest BCUT2D eigenvalue weighted by Gasteiger charge is -2.15. The molecule has 0 aliphatic heterocycles. The van der Waals surface area contributed by atoms with Gasteiger partial charge in [0, 0.05) is 24.5 Å². The van der Waals surface area contributed by atoms with Crippen molar-refractivity contribution in [2.24, 2.45) is 0 Å². The highest BCUT2D eigenvalue weighted by atomic mass is 19.4. The molecule has 0 atom stereocenters. The molecule has 9 heteroatoms. The summed E-state index contributed by atoms with van der Waals surface area (Å²) in [6.07, 6.45) is -7.05. The lowest BCUT2D eigenvalue weighted by molar-refractivity contribution is -0.143. The number of aromatic nitrogens is 1. The van der Waals surface area contributed by atoms with E-state index in [-0.39, 0.29) is 12.6 Å². The van der Waals surface area contributed by atoms with Crippen LogP contribution < -0.4 is 5.32 Å². The van der Waals surface area contributed by atoms with Crippen LogP contribution in [0.2, 0.25) is 0 Å². The number of nitrogens with one attached hydrogen (secondary N) is 1. The molecule has 1 aromatic heterocycles. The quantitative estimate of drug-likeness (QED) is 0.545. The van der Waals surface area contributed by atoms with Crippen molar-refractivity contribution < 1.29 is 31.1 Å². The number of amides is 1. The Morgan fingerprint density at radius 1 is 0.867 bits per heavy atom. The largest absolute Gasteiger partial charge is 0.416 e. The first-order chi connectivity index (χ1) is 14.1. The zero-order chi connectivity index (χ0) is 21.9. The highest BCUT2D eigenvalue weighted by Crippen LogP contribution is 2.36. The van der Waals surface area contributed by atoms with Gasteiger partial charge in [-0.05, 0) is 41.0 Å². The van der Waals surface area contributed by atoms with Crippen LogP contribution in [0.4, 0.5) is 26.3 Å². The van der Waals surface area contributed by atoms with E-state index in [1.165, 1.54) is 12.4 Å². The normalized spacial score (nSPS) is 11.9. The Hall–Kier alpha value is -3.36.